The lowest BCUT2D eigenvalue weighted by molar-refractivity contribution is -0.149. The van der Waals surface area contributed by atoms with Gasteiger partial charge in [-0.3, -0.25) is 24.0 Å². The zero-order valence-corrected chi connectivity index (χ0v) is 31.5. The highest BCUT2D eigenvalue weighted by molar-refractivity contribution is 7.09. The number of esters is 1. The average molecular weight is 713 g/mol. The molecule has 1 aliphatic heterocycles. The highest BCUT2D eigenvalue weighted by Gasteiger charge is 2.37. The second kappa shape index (κ2) is 19.7. The van der Waals surface area contributed by atoms with Crippen molar-refractivity contribution in [2.45, 2.75) is 117 Å². The molecule has 0 aliphatic carbocycles. The van der Waals surface area contributed by atoms with Crippen LogP contribution in [0.5, 0.6) is 0 Å². The number of carbonyl (C=O) groups excluding carboxylic acids is 4. The average Bonchev–Trinajstić information content (AvgIpc) is 3.59. The first-order chi connectivity index (χ1) is 23.7. The van der Waals surface area contributed by atoms with E-state index >= 15 is 0 Å². The largest absolute Gasteiger partial charge is 0.481 e. The Hall–Kier alpha value is -3.64. The summed E-state index contributed by atoms with van der Waals surface area (Å²) in [5, 5.41) is 17.8. The number of amides is 2. The topological polar surface area (TPSA) is 155 Å². The third-order valence-corrected chi connectivity index (χ3v) is 10.8. The molecule has 1 aliphatic rings. The Morgan fingerprint density at radius 3 is 2.36 bits per heavy atom. The van der Waals surface area contributed by atoms with Gasteiger partial charge in [0.15, 0.2) is 11.9 Å². The summed E-state index contributed by atoms with van der Waals surface area (Å²) in [6.45, 7) is 11.8. The number of rotatable bonds is 19. The highest BCUT2D eigenvalue weighted by atomic mass is 32.1. The molecule has 2 aromatic rings. The third-order valence-electron chi connectivity index (χ3n) is 9.90. The van der Waals surface area contributed by atoms with Crippen molar-refractivity contribution in [3.05, 3.63) is 52.0 Å². The molecule has 0 saturated carbocycles. The van der Waals surface area contributed by atoms with E-state index in [-0.39, 0.29) is 60.6 Å². The zero-order valence-electron chi connectivity index (χ0n) is 30.6. The van der Waals surface area contributed by atoms with Gasteiger partial charge in [0.2, 0.25) is 5.91 Å². The van der Waals surface area contributed by atoms with Gasteiger partial charge in [0.05, 0.1) is 12.0 Å². The van der Waals surface area contributed by atoms with Gasteiger partial charge in [0.1, 0.15) is 10.7 Å². The van der Waals surface area contributed by atoms with Crippen LogP contribution in [-0.2, 0) is 30.3 Å². The molecule has 50 heavy (non-hydrogen) atoms. The van der Waals surface area contributed by atoms with Crippen LogP contribution in [0.2, 0.25) is 0 Å². The summed E-state index contributed by atoms with van der Waals surface area (Å²) in [4.78, 5) is 71.1. The quantitative estimate of drug-likeness (QED) is 0.153. The molecule has 1 aromatic carbocycles. The number of ketones is 1. The summed E-state index contributed by atoms with van der Waals surface area (Å²) in [5.41, 5.74) is 1.11. The number of aromatic nitrogens is 1. The maximum absolute atomic E-state index is 14.1. The number of benzene rings is 1. The van der Waals surface area contributed by atoms with Crippen LogP contribution in [0.25, 0.3) is 0 Å². The van der Waals surface area contributed by atoms with E-state index in [1.165, 1.54) is 18.3 Å². The van der Waals surface area contributed by atoms with Gasteiger partial charge in [0, 0.05) is 50.2 Å². The van der Waals surface area contributed by atoms with Gasteiger partial charge >= 0.3 is 11.9 Å². The molecular formula is C38H56N4O7S. The number of carboxylic acid groups (broad SMARTS) is 1. The number of aliphatic carboxylic acids is 1. The second-order valence-corrected chi connectivity index (χ2v) is 15.1. The van der Waals surface area contributed by atoms with Crippen molar-refractivity contribution in [1.29, 1.82) is 0 Å². The first-order valence-electron chi connectivity index (χ1n) is 17.9. The van der Waals surface area contributed by atoms with Crippen molar-refractivity contribution < 1.29 is 33.8 Å². The van der Waals surface area contributed by atoms with Crippen LogP contribution in [0.4, 0.5) is 0 Å². The molecule has 11 nitrogen and oxygen atoms in total. The molecule has 2 amide bonds. The van der Waals surface area contributed by atoms with Crippen molar-refractivity contribution in [3.63, 3.8) is 0 Å². The first kappa shape index (κ1) is 40.8. The number of hydrogen-bond donors (Lipinski definition) is 3. The van der Waals surface area contributed by atoms with Gasteiger partial charge < -0.3 is 25.4 Å². The maximum Gasteiger partial charge on any atom is 0.306 e. The van der Waals surface area contributed by atoms with Crippen LogP contribution in [-0.4, -0.2) is 76.2 Å². The SMILES string of the molecule is CC[C@H](C)[C@H](CC(=O)[C@H]1CCCCN1)C(=O)N(C)[C@H](C[C@@H](OC(C)=O)c1nc(C(=O)N[C@@H](Cc2ccccc2)C[C@H](C)C(=O)O)cs1)C(C)C. The lowest BCUT2D eigenvalue weighted by Crippen LogP contribution is -2.48. The van der Waals surface area contributed by atoms with Gasteiger partial charge in [-0.25, -0.2) is 4.98 Å². The van der Waals surface area contributed by atoms with E-state index in [0.717, 1.165) is 37.8 Å². The van der Waals surface area contributed by atoms with Crippen LogP contribution in [0.15, 0.2) is 35.7 Å². The number of thiazole rings is 1. The number of carbonyl (C=O) groups is 5. The molecule has 3 N–H and O–H groups in total. The van der Waals surface area contributed by atoms with Crippen LogP contribution < -0.4 is 10.6 Å². The Balaban J connectivity index is 1.80. The number of ether oxygens (including phenoxy) is 1. The first-order valence-corrected chi connectivity index (χ1v) is 18.8. The molecule has 0 bridgehead atoms. The third kappa shape index (κ3) is 12.0. The van der Waals surface area contributed by atoms with Gasteiger partial charge in [0.25, 0.3) is 5.91 Å². The van der Waals surface area contributed by atoms with Gasteiger partial charge in [-0.2, -0.15) is 0 Å². The molecular weight excluding hydrogens is 657 g/mol. The number of nitrogens with zero attached hydrogens (tertiary/aromatic N) is 2. The maximum atomic E-state index is 14.1. The fraction of sp³-hybridized carbons (Fsp3) is 0.632. The molecule has 1 saturated heterocycles. The molecule has 0 radical (unpaired) electrons. The Morgan fingerprint density at radius 2 is 1.78 bits per heavy atom. The standard InChI is InChI=1S/C38H56N4O7S/c1-8-24(4)29(20-33(44)30-16-12-13-17-39-30)37(46)42(7)32(23(2)3)21-34(49-26(6)43)36-41-31(22-50-36)35(45)40-28(18-25(5)38(47)48)19-27-14-10-9-11-15-27/h9-11,14-15,22-25,28-30,32,34,39H,8,12-13,16-21H2,1-7H3,(H,40,45)(H,47,48)/t24-,25-,28+,29-,30+,32+,34+/m0/s1. The normalized spacial score (nSPS) is 18.3. The minimum Gasteiger partial charge on any atom is -0.481 e. The Labute approximate surface area is 301 Å². The fourth-order valence-corrected chi connectivity index (χ4v) is 7.48. The zero-order chi connectivity index (χ0) is 37.0. The van der Waals surface area contributed by atoms with E-state index in [1.54, 1.807) is 24.3 Å². The minimum absolute atomic E-state index is 0.00111. The number of carboxylic acids is 1. The van der Waals surface area contributed by atoms with Gasteiger partial charge in [-0.1, -0.05) is 77.8 Å². The van der Waals surface area contributed by atoms with Gasteiger partial charge in [-0.05, 0) is 49.6 Å². The van der Waals surface area contributed by atoms with Gasteiger partial charge in [-0.15, -0.1) is 11.3 Å². The van der Waals surface area contributed by atoms with Crippen molar-refractivity contribution in [2.75, 3.05) is 13.6 Å². The summed E-state index contributed by atoms with van der Waals surface area (Å²) >= 11 is 1.19. The fourth-order valence-electron chi connectivity index (χ4n) is 6.64. The van der Waals surface area contributed by atoms with E-state index < -0.39 is 41.8 Å². The molecule has 3 rings (SSSR count). The van der Waals surface area contributed by atoms with Crippen LogP contribution in [0, 0.1) is 23.7 Å². The Morgan fingerprint density at radius 1 is 1.08 bits per heavy atom. The molecule has 0 spiro atoms. The molecule has 0 unspecified atom stereocenters. The predicted molar refractivity (Wildman–Crippen MR) is 194 cm³/mol. The monoisotopic (exact) mass is 712 g/mol. The van der Waals surface area contributed by atoms with Crippen molar-refractivity contribution in [2.24, 2.45) is 23.7 Å². The van der Waals surface area contributed by atoms with Crippen molar-refractivity contribution in [1.82, 2.24) is 20.5 Å². The molecule has 1 fully saturated rings. The molecule has 2 heterocycles. The van der Waals surface area contributed by atoms with Crippen molar-refractivity contribution >= 4 is 40.9 Å². The minimum atomic E-state index is -0.941. The highest BCUT2D eigenvalue weighted by Crippen LogP contribution is 2.32. The lowest BCUT2D eigenvalue weighted by atomic mass is 9.83. The Bertz CT molecular complexity index is 1430. The number of Topliss-reactive ketones (excluding diaryl/α,β-unsaturated/α-hetero) is 1. The number of hydrogen-bond acceptors (Lipinski definition) is 9. The van der Waals surface area contributed by atoms with E-state index in [4.69, 9.17) is 4.74 Å². The predicted octanol–water partition coefficient (Wildman–Crippen LogP) is 5.84. The van der Waals surface area contributed by atoms with Crippen LogP contribution in [0.3, 0.4) is 0 Å². The summed E-state index contributed by atoms with van der Waals surface area (Å²) < 4.78 is 5.76. The summed E-state index contributed by atoms with van der Waals surface area (Å²) in [5.74, 6) is -3.10. The molecule has 1 aromatic heterocycles. The van der Waals surface area contributed by atoms with E-state index in [9.17, 15) is 29.1 Å². The van der Waals surface area contributed by atoms with E-state index in [2.05, 4.69) is 15.6 Å². The number of piperidine rings is 1. The lowest BCUT2D eigenvalue weighted by Gasteiger charge is -2.37. The molecule has 276 valence electrons. The number of nitrogens with one attached hydrogen (secondary N) is 2. The van der Waals surface area contributed by atoms with E-state index in [0.29, 0.717) is 11.4 Å². The second-order valence-electron chi connectivity index (χ2n) is 14.2. The molecule has 12 heteroatoms. The summed E-state index contributed by atoms with van der Waals surface area (Å²) in [6.07, 6.45) is 3.89. The molecule has 7 atom stereocenters. The van der Waals surface area contributed by atoms with Crippen molar-refractivity contribution in [3.8, 4) is 0 Å². The summed E-state index contributed by atoms with van der Waals surface area (Å²) in [7, 11) is 1.75. The Kier molecular flexibility index (Phi) is 16.0. The van der Waals surface area contributed by atoms with Crippen LogP contribution >= 0.6 is 11.3 Å². The summed E-state index contributed by atoms with van der Waals surface area (Å²) in [6, 6.07) is 8.53. The van der Waals surface area contributed by atoms with E-state index in [1.807, 2.05) is 58.0 Å². The van der Waals surface area contributed by atoms with Crippen LogP contribution in [0.1, 0.15) is 114 Å². The smallest absolute Gasteiger partial charge is 0.306 e.